The van der Waals surface area contributed by atoms with E-state index in [0.29, 0.717) is 19.1 Å². The van der Waals surface area contributed by atoms with Gasteiger partial charge in [0.2, 0.25) is 5.95 Å². The SMILES string of the molecule is CCN(CC)C(=O)N1CCc2sc(-c3nc(Nc4ccc(OCCN5CCCC5)cc4)nc4[nH]ccc34)cc2C1. The highest BCUT2D eigenvalue weighted by Gasteiger charge is 2.26. The third-order valence-electron chi connectivity index (χ3n) is 7.81. The first kappa shape index (κ1) is 26.6. The third kappa shape index (κ3) is 5.64. The van der Waals surface area contributed by atoms with Gasteiger partial charge >= 0.3 is 6.03 Å². The number of rotatable bonds is 9. The molecule has 0 atom stereocenters. The average molecular weight is 560 g/mol. The molecule has 1 aromatic carbocycles. The van der Waals surface area contributed by atoms with Gasteiger partial charge in [0.15, 0.2) is 0 Å². The van der Waals surface area contributed by atoms with Gasteiger partial charge < -0.3 is 24.8 Å². The van der Waals surface area contributed by atoms with Gasteiger partial charge in [-0.05, 0) is 88.2 Å². The topological polar surface area (TPSA) is 89.6 Å². The average Bonchev–Trinajstić information content (AvgIpc) is 3.75. The Morgan fingerprint density at radius 1 is 1.10 bits per heavy atom. The van der Waals surface area contributed by atoms with E-state index in [1.165, 1.54) is 36.4 Å². The summed E-state index contributed by atoms with van der Waals surface area (Å²) in [5.41, 5.74) is 3.80. The molecule has 210 valence electrons. The second kappa shape index (κ2) is 11.9. The molecule has 0 spiro atoms. The molecule has 2 aliphatic rings. The zero-order valence-corrected chi connectivity index (χ0v) is 24.1. The number of aromatic amines is 1. The predicted octanol–water partition coefficient (Wildman–Crippen LogP) is 5.72. The summed E-state index contributed by atoms with van der Waals surface area (Å²) in [7, 11) is 0. The molecule has 10 heteroatoms. The van der Waals surface area contributed by atoms with Gasteiger partial charge in [0.1, 0.15) is 18.0 Å². The molecule has 0 radical (unpaired) electrons. The molecule has 3 aromatic heterocycles. The minimum Gasteiger partial charge on any atom is -0.492 e. The highest BCUT2D eigenvalue weighted by molar-refractivity contribution is 7.15. The van der Waals surface area contributed by atoms with E-state index in [9.17, 15) is 4.79 Å². The Kier molecular flexibility index (Phi) is 7.88. The Morgan fingerprint density at radius 3 is 2.67 bits per heavy atom. The number of nitrogens with one attached hydrogen (secondary N) is 2. The number of nitrogens with zero attached hydrogens (tertiary/aromatic N) is 5. The molecular formula is C30H37N7O2S. The number of benzene rings is 1. The number of likely N-dealkylation sites (tertiary alicyclic amines) is 1. The standard InChI is InChI=1S/C30H37N7O2S/c1-3-36(4-2)30(38)37-16-12-25-21(20-37)19-26(40-25)27-24-11-13-31-28(24)34-29(33-27)32-22-7-9-23(10-8-22)39-18-17-35-14-5-6-15-35/h7-11,13,19H,3-6,12,14-18,20H2,1-2H3,(H2,31,32,33,34). The summed E-state index contributed by atoms with van der Waals surface area (Å²) in [6.07, 6.45) is 5.36. The van der Waals surface area contributed by atoms with Crippen LogP contribution in [0.3, 0.4) is 0 Å². The van der Waals surface area contributed by atoms with Crippen LogP contribution < -0.4 is 10.1 Å². The minimum atomic E-state index is 0.118. The number of fused-ring (bicyclic) bond motifs is 2. The van der Waals surface area contributed by atoms with E-state index in [-0.39, 0.29) is 6.03 Å². The number of anilines is 2. The molecule has 2 amide bonds. The fraction of sp³-hybridized carbons (Fsp3) is 0.433. The molecule has 6 rings (SSSR count). The van der Waals surface area contributed by atoms with Crippen molar-refractivity contribution in [3.63, 3.8) is 0 Å². The first-order chi connectivity index (χ1) is 19.6. The van der Waals surface area contributed by atoms with E-state index < -0.39 is 0 Å². The Hall–Kier alpha value is -3.63. The molecule has 0 bridgehead atoms. The monoisotopic (exact) mass is 559 g/mol. The summed E-state index contributed by atoms with van der Waals surface area (Å²) in [5, 5.41) is 4.36. The van der Waals surface area contributed by atoms with E-state index in [1.54, 1.807) is 11.3 Å². The number of ether oxygens (including phenoxy) is 1. The van der Waals surface area contributed by atoms with Crippen LogP contribution in [0.2, 0.25) is 0 Å². The van der Waals surface area contributed by atoms with Crippen molar-refractivity contribution in [3.05, 3.63) is 53.0 Å². The van der Waals surface area contributed by atoms with Crippen molar-refractivity contribution < 1.29 is 9.53 Å². The summed E-state index contributed by atoms with van der Waals surface area (Å²) in [6.45, 7) is 10.9. The van der Waals surface area contributed by atoms with Crippen LogP contribution in [0.15, 0.2) is 42.6 Å². The molecule has 2 N–H and O–H groups in total. The maximum Gasteiger partial charge on any atom is 0.320 e. The number of amides is 2. The van der Waals surface area contributed by atoms with Crippen LogP contribution in [0.1, 0.15) is 37.1 Å². The van der Waals surface area contributed by atoms with Crippen molar-refractivity contribution in [2.75, 3.05) is 51.2 Å². The van der Waals surface area contributed by atoms with Crippen molar-refractivity contribution in [3.8, 4) is 16.3 Å². The zero-order chi connectivity index (χ0) is 27.5. The fourth-order valence-corrected chi connectivity index (χ4v) is 6.72. The lowest BCUT2D eigenvalue weighted by atomic mass is 10.1. The van der Waals surface area contributed by atoms with Gasteiger partial charge in [0, 0.05) is 54.9 Å². The smallest absolute Gasteiger partial charge is 0.320 e. The van der Waals surface area contributed by atoms with Crippen LogP contribution in [-0.4, -0.2) is 81.6 Å². The van der Waals surface area contributed by atoms with Crippen LogP contribution in [0.25, 0.3) is 21.6 Å². The van der Waals surface area contributed by atoms with Crippen LogP contribution in [0.5, 0.6) is 5.75 Å². The van der Waals surface area contributed by atoms with Gasteiger partial charge in [-0.3, -0.25) is 4.90 Å². The predicted molar refractivity (Wildman–Crippen MR) is 161 cm³/mol. The molecule has 2 aliphatic heterocycles. The summed E-state index contributed by atoms with van der Waals surface area (Å²) in [5.74, 6) is 1.40. The van der Waals surface area contributed by atoms with Gasteiger partial charge in [-0.2, -0.15) is 4.98 Å². The quantitative estimate of drug-likeness (QED) is 0.273. The number of carbonyl (C=O) groups excluding carboxylic acids is 1. The second-order valence-electron chi connectivity index (χ2n) is 10.4. The Labute approximate surface area is 239 Å². The van der Waals surface area contributed by atoms with E-state index in [1.807, 2.05) is 60.2 Å². The molecule has 1 saturated heterocycles. The normalized spacial score (nSPS) is 15.4. The molecule has 9 nitrogen and oxygen atoms in total. The van der Waals surface area contributed by atoms with Crippen molar-refractivity contribution in [2.45, 2.75) is 39.7 Å². The van der Waals surface area contributed by atoms with E-state index >= 15 is 0 Å². The van der Waals surface area contributed by atoms with Crippen molar-refractivity contribution in [2.24, 2.45) is 0 Å². The van der Waals surface area contributed by atoms with Crippen molar-refractivity contribution >= 4 is 40.0 Å². The highest BCUT2D eigenvalue weighted by atomic mass is 32.1. The highest BCUT2D eigenvalue weighted by Crippen LogP contribution is 2.37. The van der Waals surface area contributed by atoms with Gasteiger partial charge in [-0.1, -0.05) is 0 Å². The van der Waals surface area contributed by atoms with Crippen LogP contribution in [0, 0.1) is 0 Å². The molecule has 1 fully saturated rings. The van der Waals surface area contributed by atoms with E-state index in [2.05, 4.69) is 21.3 Å². The first-order valence-electron chi connectivity index (χ1n) is 14.3. The number of hydrogen-bond acceptors (Lipinski definition) is 7. The molecular weight excluding hydrogens is 522 g/mol. The minimum absolute atomic E-state index is 0.118. The Morgan fingerprint density at radius 2 is 1.90 bits per heavy atom. The number of urea groups is 1. The van der Waals surface area contributed by atoms with Gasteiger partial charge in [-0.15, -0.1) is 11.3 Å². The number of H-pyrrole nitrogens is 1. The summed E-state index contributed by atoms with van der Waals surface area (Å²) in [4.78, 5) is 34.6. The van der Waals surface area contributed by atoms with Gasteiger partial charge in [0.05, 0.1) is 10.6 Å². The zero-order valence-electron chi connectivity index (χ0n) is 23.3. The molecule has 0 aliphatic carbocycles. The largest absolute Gasteiger partial charge is 0.492 e. The molecule has 4 aromatic rings. The van der Waals surface area contributed by atoms with Gasteiger partial charge in [-0.25, -0.2) is 9.78 Å². The van der Waals surface area contributed by atoms with E-state index in [0.717, 1.165) is 65.6 Å². The lowest BCUT2D eigenvalue weighted by molar-refractivity contribution is 0.152. The number of hydrogen-bond donors (Lipinski definition) is 2. The molecule has 40 heavy (non-hydrogen) atoms. The molecule has 5 heterocycles. The van der Waals surface area contributed by atoms with Crippen molar-refractivity contribution in [1.29, 1.82) is 0 Å². The van der Waals surface area contributed by atoms with E-state index in [4.69, 9.17) is 14.7 Å². The maximum atomic E-state index is 12.9. The fourth-order valence-electron chi connectivity index (χ4n) is 5.55. The lowest BCUT2D eigenvalue weighted by Gasteiger charge is -2.31. The van der Waals surface area contributed by atoms with Crippen LogP contribution in [0.4, 0.5) is 16.4 Å². The summed E-state index contributed by atoms with van der Waals surface area (Å²) in [6, 6.07) is 12.3. The summed E-state index contributed by atoms with van der Waals surface area (Å²) >= 11 is 1.77. The van der Waals surface area contributed by atoms with Crippen LogP contribution in [-0.2, 0) is 13.0 Å². The Bertz CT molecular complexity index is 1450. The molecule has 0 unspecified atom stereocenters. The Balaban J connectivity index is 1.17. The number of carbonyl (C=O) groups is 1. The molecule has 0 saturated carbocycles. The number of aromatic nitrogens is 3. The lowest BCUT2D eigenvalue weighted by Crippen LogP contribution is -2.44. The first-order valence-corrected chi connectivity index (χ1v) is 15.2. The maximum absolute atomic E-state index is 12.9. The number of thiophene rings is 1. The summed E-state index contributed by atoms with van der Waals surface area (Å²) < 4.78 is 5.95. The third-order valence-corrected chi connectivity index (χ3v) is 9.05. The second-order valence-corrected chi connectivity index (χ2v) is 11.5. The van der Waals surface area contributed by atoms with Crippen molar-refractivity contribution in [1.82, 2.24) is 29.7 Å². The van der Waals surface area contributed by atoms with Crippen LogP contribution >= 0.6 is 11.3 Å². The van der Waals surface area contributed by atoms with Gasteiger partial charge in [0.25, 0.3) is 0 Å².